The highest BCUT2D eigenvalue weighted by Gasteiger charge is 2.46. The molecule has 2 atom stereocenters. The maximum atomic E-state index is 12.3. The van der Waals surface area contributed by atoms with Gasteiger partial charge in [-0.3, -0.25) is 4.90 Å². The molecule has 1 aromatic rings. The van der Waals surface area contributed by atoms with E-state index in [0.29, 0.717) is 6.54 Å². The van der Waals surface area contributed by atoms with Crippen LogP contribution in [-0.4, -0.2) is 36.2 Å². The van der Waals surface area contributed by atoms with Gasteiger partial charge in [-0.2, -0.15) is 13.5 Å². The van der Waals surface area contributed by atoms with Gasteiger partial charge >= 0.3 is 6.09 Å². The molecule has 1 N–H and O–H groups in total. The molecule has 3 rings (SSSR count). The number of nitrogens with zero attached hydrogens (tertiary/aromatic N) is 1. The Morgan fingerprint density at radius 2 is 2.05 bits per heavy atom. The zero-order valence-electron chi connectivity index (χ0n) is 12.5. The molecule has 0 aliphatic carbocycles. The van der Waals surface area contributed by atoms with Gasteiger partial charge < -0.3 is 10.1 Å². The molecule has 2 aliphatic rings. The Hall–Kier alpha value is -1.20. The van der Waals surface area contributed by atoms with Crippen molar-refractivity contribution in [2.24, 2.45) is 0 Å². The maximum Gasteiger partial charge on any atom is 0.411 e. The van der Waals surface area contributed by atoms with Gasteiger partial charge in [0.15, 0.2) is 0 Å². The summed E-state index contributed by atoms with van der Waals surface area (Å²) in [4.78, 5) is 14.1. The van der Waals surface area contributed by atoms with Crippen LogP contribution in [0, 0.1) is 0 Å². The van der Waals surface area contributed by atoms with E-state index in [1.54, 1.807) is 0 Å². The number of carbonyl (C=O) groups is 1. The highest BCUT2D eigenvalue weighted by Crippen LogP contribution is 2.36. The fraction of sp³-hybridized carbons (Fsp3) is 0.562. The number of ether oxygens (including phenoxy) is 1. The summed E-state index contributed by atoms with van der Waals surface area (Å²) in [5, 5.41) is 3.38. The molecule has 2 heterocycles. The first kappa shape index (κ1) is 16.2. The number of rotatable bonds is 2. The quantitative estimate of drug-likeness (QED) is 0.913. The molecule has 0 radical (unpaired) electrons. The Morgan fingerprint density at radius 3 is 2.81 bits per heavy atom. The lowest BCUT2D eigenvalue weighted by Gasteiger charge is -2.26. The van der Waals surface area contributed by atoms with Crippen LogP contribution in [-0.2, 0) is 4.74 Å². The average molecular weight is 310 g/mol. The SMILES string of the molecule is C[C@@H](c1ccccc1)N1CC2(CCCNCC2)OC1=O.S.[HH]. The summed E-state index contributed by atoms with van der Waals surface area (Å²) in [5.74, 6) is 0. The first-order chi connectivity index (χ1) is 9.70. The molecule has 1 aromatic carbocycles. The van der Waals surface area contributed by atoms with Crippen molar-refractivity contribution in [2.45, 2.75) is 37.8 Å². The second-order valence-electron chi connectivity index (χ2n) is 5.87. The van der Waals surface area contributed by atoms with Crippen molar-refractivity contribution in [1.29, 1.82) is 0 Å². The monoisotopic (exact) mass is 310 g/mol. The van der Waals surface area contributed by atoms with E-state index < -0.39 is 0 Å². The molecule has 118 valence electrons. The fourth-order valence-corrected chi connectivity index (χ4v) is 3.22. The third kappa shape index (κ3) is 3.35. The van der Waals surface area contributed by atoms with Crippen molar-refractivity contribution in [3.63, 3.8) is 0 Å². The first-order valence-electron chi connectivity index (χ1n) is 7.45. The topological polar surface area (TPSA) is 41.6 Å². The van der Waals surface area contributed by atoms with E-state index in [1.165, 1.54) is 0 Å². The van der Waals surface area contributed by atoms with Crippen molar-refractivity contribution in [2.75, 3.05) is 19.6 Å². The Labute approximate surface area is 134 Å². The predicted molar refractivity (Wildman–Crippen MR) is 90.0 cm³/mol. The molecule has 2 saturated heterocycles. The smallest absolute Gasteiger partial charge is 0.411 e. The number of hydrogen-bond acceptors (Lipinski definition) is 3. The molecule has 2 aliphatic heterocycles. The largest absolute Gasteiger partial charge is 0.441 e. The summed E-state index contributed by atoms with van der Waals surface area (Å²) >= 11 is 0. The molecule has 0 bridgehead atoms. The molecule has 1 amide bonds. The van der Waals surface area contributed by atoms with Crippen molar-refractivity contribution in [3.05, 3.63) is 35.9 Å². The maximum absolute atomic E-state index is 12.3. The number of hydrogen-bond donors (Lipinski definition) is 1. The lowest BCUT2D eigenvalue weighted by atomic mass is 9.94. The van der Waals surface area contributed by atoms with Gasteiger partial charge in [-0.15, -0.1) is 0 Å². The molecular weight excluding hydrogens is 284 g/mol. The summed E-state index contributed by atoms with van der Waals surface area (Å²) < 4.78 is 5.77. The van der Waals surface area contributed by atoms with E-state index in [1.807, 2.05) is 23.1 Å². The minimum absolute atomic E-state index is 0. The molecule has 2 fully saturated rings. The van der Waals surface area contributed by atoms with Crippen LogP contribution in [0.4, 0.5) is 4.79 Å². The lowest BCUT2D eigenvalue weighted by molar-refractivity contribution is 0.0469. The number of amides is 1. The molecular formula is C16H26N2O2S. The first-order valence-corrected chi connectivity index (χ1v) is 7.45. The lowest BCUT2D eigenvalue weighted by Crippen LogP contribution is -2.36. The predicted octanol–water partition coefficient (Wildman–Crippen LogP) is 3.07. The summed E-state index contributed by atoms with van der Waals surface area (Å²) in [6.07, 6.45) is 2.78. The van der Waals surface area contributed by atoms with Crippen LogP contribution in [0.25, 0.3) is 0 Å². The van der Waals surface area contributed by atoms with E-state index in [2.05, 4.69) is 24.4 Å². The number of benzene rings is 1. The van der Waals surface area contributed by atoms with Crippen molar-refractivity contribution >= 4 is 19.6 Å². The minimum atomic E-state index is -0.274. The third-order valence-corrected chi connectivity index (χ3v) is 4.49. The summed E-state index contributed by atoms with van der Waals surface area (Å²) in [6, 6.07) is 10.2. The van der Waals surface area contributed by atoms with Crippen LogP contribution in [0.1, 0.15) is 39.2 Å². The second-order valence-corrected chi connectivity index (χ2v) is 5.87. The zero-order chi connectivity index (χ0) is 14.0. The molecule has 1 spiro atoms. The minimum Gasteiger partial charge on any atom is -0.441 e. The van der Waals surface area contributed by atoms with Crippen LogP contribution >= 0.6 is 13.5 Å². The highest BCUT2D eigenvalue weighted by atomic mass is 32.1. The van der Waals surface area contributed by atoms with Gasteiger partial charge in [-0.25, -0.2) is 4.79 Å². The van der Waals surface area contributed by atoms with E-state index in [4.69, 9.17) is 4.74 Å². The Balaban J connectivity index is 0.00000121. The van der Waals surface area contributed by atoms with Crippen LogP contribution < -0.4 is 5.32 Å². The Kier molecular flexibility index (Phi) is 5.17. The van der Waals surface area contributed by atoms with Crippen LogP contribution in [0.5, 0.6) is 0 Å². The van der Waals surface area contributed by atoms with Gasteiger partial charge in [-0.1, -0.05) is 30.3 Å². The van der Waals surface area contributed by atoms with Crippen molar-refractivity contribution < 1.29 is 11.0 Å². The summed E-state index contributed by atoms with van der Waals surface area (Å²) in [6.45, 7) is 4.74. The molecule has 4 nitrogen and oxygen atoms in total. The molecule has 0 aromatic heterocycles. The highest BCUT2D eigenvalue weighted by molar-refractivity contribution is 7.59. The number of nitrogens with one attached hydrogen (secondary N) is 1. The third-order valence-electron chi connectivity index (χ3n) is 4.49. The fourth-order valence-electron chi connectivity index (χ4n) is 3.22. The van der Waals surface area contributed by atoms with E-state index in [0.717, 1.165) is 37.9 Å². The molecule has 21 heavy (non-hydrogen) atoms. The number of carbonyl (C=O) groups excluding carboxylic acids is 1. The van der Waals surface area contributed by atoms with Crippen LogP contribution in [0.2, 0.25) is 0 Å². The van der Waals surface area contributed by atoms with Gasteiger partial charge in [0.1, 0.15) is 5.60 Å². The van der Waals surface area contributed by atoms with Gasteiger partial charge in [0.05, 0.1) is 12.6 Å². The van der Waals surface area contributed by atoms with E-state index in [9.17, 15) is 4.79 Å². The molecule has 5 heteroatoms. The van der Waals surface area contributed by atoms with Crippen LogP contribution in [0.15, 0.2) is 30.3 Å². The Bertz CT molecular complexity index is 478. The molecule has 1 unspecified atom stereocenters. The van der Waals surface area contributed by atoms with Gasteiger partial charge in [-0.05, 0) is 38.4 Å². The zero-order valence-corrected chi connectivity index (χ0v) is 13.5. The van der Waals surface area contributed by atoms with E-state index in [-0.39, 0.29) is 32.7 Å². The van der Waals surface area contributed by atoms with Gasteiger partial charge in [0, 0.05) is 7.85 Å². The summed E-state index contributed by atoms with van der Waals surface area (Å²) in [7, 11) is 0. The van der Waals surface area contributed by atoms with E-state index >= 15 is 0 Å². The molecule has 0 saturated carbocycles. The van der Waals surface area contributed by atoms with Crippen LogP contribution in [0.3, 0.4) is 0 Å². The second kappa shape index (κ2) is 6.71. The van der Waals surface area contributed by atoms with Gasteiger partial charge in [0.25, 0.3) is 0 Å². The summed E-state index contributed by atoms with van der Waals surface area (Å²) in [5.41, 5.74) is 0.886. The van der Waals surface area contributed by atoms with Crippen molar-refractivity contribution in [3.8, 4) is 0 Å². The standard InChI is InChI=1S/C16H22N2O2.H2S.H2/c1-13(14-6-3-2-4-7-14)18-12-16(20-15(18)19)8-5-10-17-11-9-16;;/h2-4,6-7,13,17H,5,8-12H2,1H3;1H2;1H/t13-,16?;;/m0../s1. The van der Waals surface area contributed by atoms with Gasteiger partial charge in [0.2, 0.25) is 0 Å². The average Bonchev–Trinajstić information content (AvgIpc) is 2.64. The normalized spacial score (nSPS) is 26.9. The Morgan fingerprint density at radius 1 is 1.29 bits per heavy atom. The van der Waals surface area contributed by atoms with Crippen molar-refractivity contribution in [1.82, 2.24) is 10.2 Å².